The Bertz CT molecular complexity index is 458. The minimum atomic E-state index is 0.572. The van der Waals surface area contributed by atoms with E-state index in [0.717, 1.165) is 5.52 Å². The molecule has 0 fully saturated rings. The van der Waals surface area contributed by atoms with Crippen molar-refractivity contribution in [1.29, 1.82) is 0 Å². The van der Waals surface area contributed by atoms with Gasteiger partial charge in [0.05, 0.1) is 5.52 Å². The Balaban J connectivity index is 0.000000606. The number of rotatable bonds is 1. The lowest BCUT2D eigenvalue weighted by Gasteiger charge is -2.06. The predicted molar refractivity (Wildman–Crippen MR) is 71.9 cm³/mol. The number of benzene rings is 1. The van der Waals surface area contributed by atoms with Crippen LogP contribution in [0.4, 0.5) is 0 Å². The third-order valence-electron chi connectivity index (χ3n) is 2.51. The molecule has 1 aromatic heterocycles. The van der Waals surface area contributed by atoms with Crippen molar-refractivity contribution in [2.75, 3.05) is 0 Å². The van der Waals surface area contributed by atoms with E-state index in [0.29, 0.717) is 5.92 Å². The van der Waals surface area contributed by atoms with Crippen molar-refractivity contribution < 1.29 is 0 Å². The second kappa shape index (κ2) is 5.64. The summed E-state index contributed by atoms with van der Waals surface area (Å²) in [5, 5.41) is 1.23. The van der Waals surface area contributed by atoms with Crippen LogP contribution in [-0.4, -0.2) is 4.98 Å². The zero-order valence-electron chi connectivity index (χ0n) is 10.9. The van der Waals surface area contributed by atoms with Gasteiger partial charge in [-0.05, 0) is 36.1 Å². The highest BCUT2D eigenvalue weighted by Gasteiger charge is 2.01. The molecule has 0 aliphatic carbocycles. The maximum Gasteiger partial charge on any atom is 0.0705 e. The maximum atomic E-state index is 4.42. The highest BCUT2D eigenvalue weighted by atomic mass is 14.6. The number of pyridine rings is 1. The second-order valence-electron chi connectivity index (χ2n) is 4.12. The van der Waals surface area contributed by atoms with E-state index >= 15 is 0 Å². The summed E-state index contributed by atoms with van der Waals surface area (Å²) in [6.07, 6.45) is 1.92. The van der Waals surface area contributed by atoms with E-state index in [9.17, 15) is 0 Å². The Labute approximate surface area is 98.5 Å². The lowest BCUT2D eigenvalue weighted by Crippen LogP contribution is -1.88. The van der Waals surface area contributed by atoms with Crippen molar-refractivity contribution in [3.63, 3.8) is 0 Å². The molecular formula is C15H21N. The van der Waals surface area contributed by atoms with Crippen molar-refractivity contribution in [1.82, 2.24) is 4.98 Å². The molecule has 0 saturated heterocycles. The summed E-state index contributed by atoms with van der Waals surface area (Å²) in [5.74, 6) is 0.572. The van der Waals surface area contributed by atoms with Crippen molar-refractivity contribution in [3.8, 4) is 0 Å². The Hall–Kier alpha value is -1.37. The van der Waals surface area contributed by atoms with Crippen LogP contribution in [0.5, 0.6) is 0 Å². The molecule has 2 aromatic rings. The first kappa shape index (κ1) is 12.7. The largest absolute Gasteiger partial charge is 0.256 e. The number of aryl methyl sites for hydroxylation is 1. The number of hydrogen-bond acceptors (Lipinski definition) is 1. The summed E-state index contributed by atoms with van der Waals surface area (Å²) in [5.41, 5.74) is 3.67. The molecule has 0 bridgehead atoms. The minimum Gasteiger partial charge on any atom is -0.256 e. The quantitative estimate of drug-likeness (QED) is 0.672. The molecule has 1 heteroatoms. The number of hydrogen-bond donors (Lipinski definition) is 0. The van der Waals surface area contributed by atoms with Gasteiger partial charge in [-0.2, -0.15) is 0 Å². The molecule has 16 heavy (non-hydrogen) atoms. The van der Waals surface area contributed by atoms with Crippen LogP contribution >= 0.6 is 0 Å². The van der Waals surface area contributed by atoms with Crippen LogP contribution in [-0.2, 0) is 0 Å². The predicted octanol–water partition coefficient (Wildman–Crippen LogP) is 4.69. The Morgan fingerprint density at radius 2 is 1.75 bits per heavy atom. The summed E-state index contributed by atoms with van der Waals surface area (Å²) in [4.78, 5) is 4.42. The van der Waals surface area contributed by atoms with Crippen LogP contribution in [0.1, 0.15) is 44.7 Å². The third-order valence-corrected chi connectivity index (χ3v) is 2.51. The molecule has 2 rings (SSSR count). The highest BCUT2D eigenvalue weighted by Crippen LogP contribution is 2.20. The van der Waals surface area contributed by atoms with Gasteiger partial charge in [0.1, 0.15) is 0 Å². The van der Waals surface area contributed by atoms with Crippen molar-refractivity contribution in [2.24, 2.45) is 0 Å². The second-order valence-corrected chi connectivity index (χ2v) is 4.12. The van der Waals surface area contributed by atoms with E-state index in [2.05, 4.69) is 50.0 Å². The Morgan fingerprint density at radius 3 is 2.38 bits per heavy atom. The topological polar surface area (TPSA) is 12.9 Å². The molecule has 1 heterocycles. The first-order valence-corrected chi connectivity index (χ1v) is 6.03. The Kier molecular flexibility index (Phi) is 4.48. The minimum absolute atomic E-state index is 0.572. The SMILES string of the molecule is CC.Cc1cnc2cc(C(C)C)ccc2c1. The van der Waals surface area contributed by atoms with Gasteiger partial charge in [-0.15, -0.1) is 0 Å². The third kappa shape index (κ3) is 2.82. The number of aromatic nitrogens is 1. The zero-order chi connectivity index (χ0) is 12.1. The van der Waals surface area contributed by atoms with Crippen LogP contribution in [0.3, 0.4) is 0 Å². The van der Waals surface area contributed by atoms with E-state index in [1.807, 2.05) is 20.0 Å². The van der Waals surface area contributed by atoms with E-state index < -0.39 is 0 Å². The van der Waals surface area contributed by atoms with Gasteiger partial charge in [0.25, 0.3) is 0 Å². The van der Waals surface area contributed by atoms with Gasteiger partial charge in [-0.3, -0.25) is 4.98 Å². The normalized spacial score (nSPS) is 10.1. The molecule has 1 nitrogen and oxygen atoms in total. The van der Waals surface area contributed by atoms with E-state index in [-0.39, 0.29) is 0 Å². The molecule has 0 spiro atoms. The van der Waals surface area contributed by atoms with Gasteiger partial charge < -0.3 is 0 Å². The fraction of sp³-hybridized carbons (Fsp3) is 0.400. The van der Waals surface area contributed by atoms with E-state index in [4.69, 9.17) is 0 Å². The molecule has 0 aliphatic rings. The lowest BCUT2D eigenvalue weighted by atomic mass is 10.0. The summed E-state index contributed by atoms with van der Waals surface area (Å²) in [7, 11) is 0. The van der Waals surface area contributed by atoms with Crippen LogP contribution in [0, 0.1) is 6.92 Å². The summed E-state index contributed by atoms with van der Waals surface area (Å²) in [6.45, 7) is 10.5. The molecule has 0 radical (unpaired) electrons. The first-order valence-electron chi connectivity index (χ1n) is 6.03. The standard InChI is InChI=1S/C13H15N.C2H6/c1-9(2)11-4-5-12-6-10(3)8-14-13(12)7-11;1-2/h4-9H,1-3H3;1-2H3. The smallest absolute Gasteiger partial charge is 0.0705 e. The number of nitrogens with zero attached hydrogens (tertiary/aromatic N) is 1. The average molecular weight is 215 g/mol. The average Bonchev–Trinajstić information content (AvgIpc) is 2.30. The molecule has 0 amide bonds. The molecular weight excluding hydrogens is 194 g/mol. The Morgan fingerprint density at radius 1 is 1.06 bits per heavy atom. The van der Waals surface area contributed by atoms with E-state index in [1.165, 1.54) is 16.5 Å². The van der Waals surface area contributed by atoms with Gasteiger partial charge >= 0.3 is 0 Å². The molecule has 86 valence electrons. The molecule has 0 atom stereocenters. The lowest BCUT2D eigenvalue weighted by molar-refractivity contribution is 0.868. The van der Waals surface area contributed by atoms with Crippen molar-refractivity contribution in [2.45, 2.75) is 40.5 Å². The van der Waals surface area contributed by atoms with E-state index in [1.54, 1.807) is 0 Å². The fourth-order valence-corrected chi connectivity index (χ4v) is 1.61. The van der Waals surface area contributed by atoms with Crippen LogP contribution in [0.2, 0.25) is 0 Å². The van der Waals surface area contributed by atoms with Gasteiger partial charge in [0, 0.05) is 11.6 Å². The fourth-order valence-electron chi connectivity index (χ4n) is 1.61. The molecule has 0 unspecified atom stereocenters. The van der Waals surface area contributed by atoms with Gasteiger partial charge in [0.15, 0.2) is 0 Å². The summed E-state index contributed by atoms with van der Waals surface area (Å²) >= 11 is 0. The summed E-state index contributed by atoms with van der Waals surface area (Å²) in [6, 6.07) is 8.70. The van der Waals surface area contributed by atoms with Crippen molar-refractivity contribution >= 4 is 10.9 Å². The summed E-state index contributed by atoms with van der Waals surface area (Å²) < 4.78 is 0. The molecule has 1 aromatic carbocycles. The van der Waals surface area contributed by atoms with Crippen LogP contribution < -0.4 is 0 Å². The van der Waals surface area contributed by atoms with Gasteiger partial charge in [0.2, 0.25) is 0 Å². The van der Waals surface area contributed by atoms with Gasteiger partial charge in [-0.25, -0.2) is 0 Å². The zero-order valence-corrected chi connectivity index (χ0v) is 10.9. The molecule has 0 saturated carbocycles. The maximum absolute atomic E-state index is 4.42. The van der Waals surface area contributed by atoms with Gasteiger partial charge in [-0.1, -0.05) is 39.8 Å². The molecule has 0 N–H and O–H groups in total. The number of fused-ring (bicyclic) bond motifs is 1. The van der Waals surface area contributed by atoms with Crippen molar-refractivity contribution in [3.05, 3.63) is 41.6 Å². The monoisotopic (exact) mass is 215 g/mol. The molecule has 0 aliphatic heterocycles. The van der Waals surface area contributed by atoms with Crippen LogP contribution in [0.15, 0.2) is 30.5 Å². The first-order chi connectivity index (χ1) is 7.66. The highest BCUT2D eigenvalue weighted by molar-refractivity contribution is 5.79. The van der Waals surface area contributed by atoms with Crippen LogP contribution in [0.25, 0.3) is 10.9 Å².